The van der Waals surface area contributed by atoms with Crippen molar-refractivity contribution in [2.75, 3.05) is 5.32 Å². The van der Waals surface area contributed by atoms with Crippen molar-refractivity contribution in [1.29, 1.82) is 5.26 Å². The molecule has 3 N–H and O–H groups in total. The minimum absolute atomic E-state index is 0.224. The zero-order chi connectivity index (χ0) is 28.7. The van der Waals surface area contributed by atoms with E-state index in [0.29, 0.717) is 45.9 Å². The second-order valence-electron chi connectivity index (χ2n) is 9.42. The van der Waals surface area contributed by atoms with Gasteiger partial charge in [-0.15, -0.1) is 0 Å². The number of aromatic nitrogens is 3. The van der Waals surface area contributed by atoms with Crippen LogP contribution in [0.4, 0.5) is 5.69 Å². The largest absolute Gasteiger partial charge is 0.381 e. The molecule has 0 aliphatic heterocycles. The van der Waals surface area contributed by atoms with Crippen LogP contribution in [-0.4, -0.2) is 26.1 Å². The summed E-state index contributed by atoms with van der Waals surface area (Å²) in [5.74, 6) is -0.602. The van der Waals surface area contributed by atoms with Gasteiger partial charge in [0.15, 0.2) is 5.69 Å². The molecule has 0 saturated carbocycles. The van der Waals surface area contributed by atoms with E-state index in [4.69, 9.17) is 10.3 Å². The maximum Gasteiger partial charge on any atom is 0.290 e. The second-order valence-corrected chi connectivity index (χ2v) is 9.42. The van der Waals surface area contributed by atoms with E-state index in [2.05, 4.69) is 16.4 Å². The van der Waals surface area contributed by atoms with E-state index in [0.717, 1.165) is 21.4 Å². The summed E-state index contributed by atoms with van der Waals surface area (Å²) in [7, 11) is 1.52. The van der Waals surface area contributed by atoms with E-state index in [1.165, 1.54) is 13.1 Å². The van der Waals surface area contributed by atoms with Gasteiger partial charge >= 0.3 is 0 Å². The smallest absolute Gasteiger partial charge is 0.290 e. The Bertz CT molecular complexity index is 1940. The number of hydrogen-bond acceptors (Lipinski definition) is 6. The Morgan fingerprint density at radius 1 is 1.12 bits per heavy atom. The van der Waals surface area contributed by atoms with E-state index < -0.39 is 11.8 Å². The third-order valence-corrected chi connectivity index (χ3v) is 6.77. The highest BCUT2D eigenvalue weighted by atomic mass is 16.5. The minimum atomic E-state index is -0.595. The van der Waals surface area contributed by atoms with Gasteiger partial charge in [-0.3, -0.25) is 14.4 Å². The number of anilines is 1. The van der Waals surface area contributed by atoms with Gasteiger partial charge in [0.1, 0.15) is 5.76 Å². The van der Waals surface area contributed by atoms with E-state index in [1.54, 1.807) is 37.3 Å². The first-order valence-electron chi connectivity index (χ1n) is 12.6. The maximum atomic E-state index is 13.5. The molecule has 0 saturated heterocycles. The average Bonchev–Trinajstić information content (AvgIpc) is 3.42. The number of pyridine rings is 1. The highest BCUT2D eigenvalue weighted by molar-refractivity contribution is 6.12. The Morgan fingerprint density at radius 2 is 1.90 bits per heavy atom. The molecule has 0 fully saturated rings. The van der Waals surface area contributed by atoms with Crippen LogP contribution in [0.15, 0.2) is 63.9 Å². The maximum absolute atomic E-state index is 13.5. The summed E-state index contributed by atoms with van der Waals surface area (Å²) in [5, 5.41) is 13.6. The van der Waals surface area contributed by atoms with Crippen LogP contribution in [0.2, 0.25) is 0 Å². The van der Waals surface area contributed by atoms with Crippen LogP contribution in [0.5, 0.6) is 0 Å². The van der Waals surface area contributed by atoms with Crippen LogP contribution in [0.3, 0.4) is 0 Å². The van der Waals surface area contributed by atoms with Gasteiger partial charge in [0.05, 0.1) is 22.7 Å². The third-order valence-electron chi connectivity index (χ3n) is 6.77. The fourth-order valence-corrected chi connectivity index (χ4v) is 5.02. The lowest BCUT2D eigenvalue weighted by atomic mass is 9.97. The summed E-state index contributed by atoms with van der Waals surface area (Å²) in [4.78, 5) is 42.2. The highest BCUT2D eigenvalue weighted by Crippen LogP contribution is 2.34. The van der Waals surface area contributed by atoms with Crippen molar-refractivity contribution in [2.24, 2.45) is 12.8 Å². The topological polar surface area (TPSA) is 149 Å². The van der Waals surface area contributed by atoms with Gasteiger partial charge in [-0.2, -0.15) is 10.0 Å². The van der Waals surface area contributed by atoms with E-state index >= 15 is 0 Å². The van der Waals surface area contributed by atoms with Crippen LogP contribution in [0.1, 0.15) is 44.8 Å². The summed E-state index contributed by atoms with van der Waals surface area (Å²) in [5.41, 5.74) is 9.98. The number of primary amides is 1. The zero-order valence-corrected chi connectivity index (χ0v) is 22.4. The molecule has 0 radical (unpaired) electrons. The Balaban J connectivity index is 1.63. The summed E-state index contributed by atoms with van der Waals surface area (Å²) in [6, 6.07) is 17.8. The molecule has 0 spiro atoms. The summed E-state index contributed by atoms with van der Waals surface area (Å²) in [6.45, 7) is 5.97. The average molecular weight is 535 g/mol. The zero-order valence-electron chi connectivity index (χ0n) is 22.4. The quantitative estimate of drug-likeness (QED) is 0.327. The molecule has 3 aromatic heterocycles. The number of amides is 2. The van der Waals surface area contributed by atoms with Crippen molar-refractivity contribution in [3.8, 4) is 28.5 Å². The number of carbonyl (C=O) groups is 2. The normalized spacial score (nSPS) is 11.0. The van der Waals surface area contributed by atoms with Crippen LogP contribution in [0, 0.1) is 25.2 Å². The number of benzene rings is 2. The molecule has 10 nitrogen and oxygen atoms in total. The summed E-state index contributed by atoms with van der Waals surface area (Å²) in [6.07, 6.45) is 0. The molecule has 200 valence electrons. The molecule has 0 atom stereocenters. The molecule has 2 aromatic carbocycles. The number of nitrogens with zero attached hydrogens (tertiary/aromatic N) is 4. The number of carbonyl (C=O) groups excluding carboxylic acids is 2. The Hall–Kier alpha value is -5.43. The van der Waals surface area contributed by atoms with Gasteiger partial charge in [0, 0.05) is 47.2 Å². The molecule has 5 rings (SSSR count). The Morgan fingerprint density at radius 3 is 2.55 bits per heavy atom. The molecule has 0 aliphatic carbocycles. The van der Waals surface area contributed by atoms with Crippen molar-refractivity contribution in [3.63, 3.8) is 0 Å². The minimum Gasteiger partial charge on any atom is -0.381 e. The van der Waals surface area contributed by atoms with Gasteiger partial charge < -0.3 is 20.1 Å². The second kappa shape index (κ2) is 10.0. The number of rotatable bonds is 6. The lowest BCUT2D eigenvalue weighted by Crippen LogP contribution is -2.17. The molecular formula is C30H26N6O4. The molecule has 40 heavy (non-hydrogen) atoms. The first kappa shape index (κ1) is 26.2. The Kier molecular flexibility index (Phi) is 6.57. The van der Waals surface area contributed by atoms with Crippen LogP contribution < -0.4 is 16.6 Å². The van der Waals surface area contributed by atoms with Crippen LogP contribution in [0.25, 0.3) is 33.3 Å². The number of hydrogen-bond donors (Lipinski definition) is 2. The van der Waals surface area contributed by atoms with E-state index in [-0.39, 0.29) is 16.8 Å². The molecule has 10 heteroatoms. The van der Waals surface area contributed by atoms with Gasteiger partial charge in [-0.25, -0.2) is 4.98 Å². The molecule has 0 bridgehead atoms. The van der Waals surface area contributed by atoms with Crippen molar-refractivity contribution < 1.29 is 14.1 Å². The number of aryl methyl sites for hydroxylation is 4. The Labute approximate surface area is 229 Å². The molecule has 0 unspecified atom stereocenters. The van der Waals surface area contributed by atoms with Crippen molar-refractivity contribution >= 4 is 28.4 Å². The summed E-state index contributed by atoms with van der Waals surface area (Å²) >= 11 is 0. The van der Waals surface area contributed by atoms with Crippen molar-refractivity contribution in [2.45, 2.75) is 27.3 Å². The number of nitrogens with two attached hydrogens (primary N) is 1. The van der Waals surface area contributed by atoms with E-state index in [9.17, 15) is 19.6 Å². The SMILES string of the molecule is CCn1c(-c2ccc(-c3c(C)on(C)c3=O)c(C#N)c2)cc2cc(C)nc(C(=O)Nc3cccc(C(N)=O)c3)c21. The van der Waals surface area contributed by atoms with Gasteiger partial charge in [-0.1, -0.05) is 18.2 Å². The van der Waals surface area contributed by atoms with Crippen LogP contribution >= 0.6 is 0 Å². The third kappa shape index (κ3) is 4.43. The number of nitrogens with one attached hydrogen (secondary N) is 1. The highest BCUT2D eigenvalue weighted by Gasteiger charge is 2.22. The van der Waals surface area contributed by atoms with Crippen molar-refractivity contribution in [1.82, 2.24) is 14.3 Å². The van der Waals surface area contributed by atoms with Gasteiger partial charge in [-0.05, 0) is 62.7 Å². The lowest BCUT2D eigenvalue weighted by molar-refractivity contribution is 0.0995. The first-order chi connectivity index (χ1) is 19.1. The van der Waals surface area contributed by atoms with Crippen LogP contribution in [-0.2, 0) is 13.6 Å². The van der Waals surface area contributed by atoms with Gasteiger partial charge in [0.2, 0.25) is 5.91 Å². The fraction of sp³-hybridized carbons (Fsp3) is 0.167. The van der Waals surface area contributed by atoms with E-state index in [1.807, 2.05) is 36.6 Å². The van der Waals surface area contributed by atoms with Crippen molar-refractivity contribution in [3.05, 3.63) is 93.2 Å². The van der Waals surface area contributed by atoms with Gasteiger partial charge in [0.25, 0.3) is 11.5 Å². The number of fused-ring (bicyclic) bond motifs is 1. The molecule has 2 amide bonds. The summed E-state index contributed by atoms with van der Waals surface area (Å²) < 4.78 is 8.53. The molecular weight excluding hydrogens is 508 g/mol. The molecule has 3 heterocycles. The first-order valence-corrected chi connectivity index (χ1v) is 12.6. The molecule has 0 aliphatic rings. The fourth-order valence-electron chi connectivity index (χ4n) is 5.02. The monoisotopic (exact) mass is 534 g/mol. The molecule has 5 aromatic rings. The number of nitriles is 1. The lowest BCUT2D eigenvalue weighted by Gasteiger charge is -2.13. The predicted octanol–water partition coefficient (Wildman–Crippen LogP) is 4.52. The predicted molar refractivity (Wildman–Crippen MR) is 151 cm³/mol. The standard InChI is InChI=1S/C30H26N6O4/c1-5-36-24(18-9-10-23(21(12-18)15-31)25-17(3)40-35(4)30(25)39)14-20-11-16(2)33-26(27(20)36)29(38)34-22-8-6-7-19(13-22)28(32)37/h6-14H,5H2,1-4H3,(H2,32,37)(H,34,38).